The van der Waals surface area contributed by atoms with Crippen molar-refractivity contribution in [2.24, 2.45) is 0 Å². The highest BCUT2D eigenvalue weighted by Crippen LogP contribution is 2.25. The molecule has 2 aromatic heterocycles. The molecule has 2 heterocycles. The lowest BCUT2D eigenvalue weighted by Gasteiger charge is -2.20. The molecule has 0 radical (unpaired) electrons. The second kappa shape index (κ2) is 7.86. The fourth-order valence-corrected chi connectivity index (χ4v) is 2.59. The molecule has 3 rings (SSSR count). The maximum Gasteiger partial charge on any atom is 0.333 e. The minimum absolute atomic E-state index is 0.0517. The molecule has 0 bridgehead atoms. The number of carboxylic acid groups (broad SMARTS) is 1. The van der Waals surface area contributed by atoms with E-state index in [0.717, 1.165) is 6.20 Å². The minimum atomic E-state index is -0.999. The number of hydrogen-bond donors (Lipinski definition) is 1. The predicted molar refractivity (Wildman–Crippen MR) is 95.9 cm³/mol. The van der Waals surface area contributed by atoms with Gasteiger partial charge in [0.05, 0.1) is 18.0 Å². The quantitative estimate of drug-likeness (QED) is 0.460. The van der Waals surface area contributed by atoms with E-state index in [1.165, 1.54) is 28.9 Å². The lowest BCUT2D eigenvalue weighted by atomic mass is 10.2. The first-order chi connectivity index (χ1) is 13.3. The van der Waals surface area contributed by atoms with Gasteiger partial charge in [0, 0.05) is 25.4 Å². The first kappa shape index (κ1) is 19.0. The Kier molecular flexibility index (Phi) is 5.34. The molecule has 0 aliphatic carbocycles. The van der Waals surface area contributed by atoms with Crippen LogP contribution >= 0.6 is 0 Å². The van der Waals surface area contributed by atoms with Crippen molar-refractivity contribution in [3.63, 3.8) is 0 Å². The predicted octanol–water partition coefficient (Wildman–Crippen LogP) is 2.27. The Hall–Kier alpha value is -3.76. The molecule has 0 saturated heterocycles. The van der Waals surface area contributed by atoms with Crippen LogP contribution in [0.5, 0.6) is 5.75 Å². The lowest BCUT2D eigenvalue weighted by Crippen LogP contribution is -2.19. The smallest absolute Gasteiger partial charge is 0.333 e. The van der Waals surface area contributed by atoms with Crippen LogP contribution in [0.1, 0.15) is 12.0 Å². The third-order valence-corrected chi connectivity index (χ3v) is 3.93. The average Bonchev–Trinajstić information content (AvgIpc) is 3.06. The third-order valence-electron chi connectivity index (χ3n) is 3.93. The summed E-state index contributed by atoms with van der Waals surface area (Å²) in [5.74, 6) is -0.702. The summed E-state index contributed by atoms with van der Waals surface area (Å²) in [6, 6.07) is 5.55. The monoisotopic (exact) mass is 389 g/mol. The summed E-state index contributed by atoms with van der Waals surface area (Å²) >= 11 is 0. The topological polar surface area (TPSA) is 123 Å². The van der Waals surface area contributed by atoms with E-state index in [-0.39, 0.29) is 30.9 Å². The Balaban J connectivity index is 1.84. The van der Waals surface area contributed by atoms with Gasteiger partial charge in [-0.2, -0.15) is 5.10 Å². The molecule has 0 atom stereocenters. The highest BCUT2D eigenvalue weighted by atomic mass is 19.1. The fraction of sp³-hybridized carbons (Fsp3) is 0.235. The summed E-state index contributed by atoms with van der Waals surface area (Å²) in [6.45, 7) is 0.134. The van der Waals surface area contributed by atoms with E-state index in [1.807, 2.05) is 0 Å². The van der Waals surface area contributed by atoms with E-state index >= 15 is 0 Å². The van der Waals surface area contributed by atoms with Gasteiger partial charge in [0.1, 0.15) is 23.6 Å². The van der Waals surface area contributed by atoms with Crippen LogP contribution in [0.3, 0.4) is 0 Å². The van der Waals surface area contributed by atoms with Crippen LogP contribution in [0.25, 0.3) is 5.65 Å². The molecule has 0 aliphatic heterocycles. The van der Waals surface area contributed by atoms with Crippen LogP contribution < -0.4 is 9.64 Å². The van der Waals surface area contributed by atoms with Crippen molar-refractivity contribution in [1.29, 1.82) is 0 Å². The molecular weight excluding hydrogens is 373 g/mol. The molecule has 0 unspecified atom stereocenters. The first-order valence-electron chi connectivity index (χ1n) is 8.18. The number of nitro groups is 1. The van der Waals surface area contributed by atoms with Gasteiger partial charge in [-0.05, 0) is 24.3 Å². The summed E-state index contributed by atoms with van der Waals surface area (Å²) in [4.78, 5) is 27.1. The van der Waals surface area contributed by atoms with Gasteiger partial charge >= 0.3 is 11.7 Å². The normalized spacial score (nSPS) is 10.8. The zero-order valence-corrected chi connectivity index (χ0v) is 14.8. The Morgan fingerprint density at radius 1 is 1.43 bits per heavy atom. The molecule has 3 aromatic rings. The van der Waals surface area contributed by atoms with Gasteiger partial charge < -0.3 is 14.7 Å². The van der Waals surface area contributed by atoms with Crippen molar-refractivity contribution >= 4 is 23.1 Å². The van der Waals surface area contributed by atoms with E-state index in [2.05, 4.69) is 10.1 Å². The van der Waals surface area contributed by atoms with E-state index in [9.17, 15) is 19.3 Å². The number of benzene rings is 1. The Morgan fingerprint density at radius 2 is 2.21 bits per heavy atom. The summed E-state index contributed by atoms with van der Waals surface area (Å²) in [5.41, 5.74) is 0.350. The molecule has 0 saturated carbocycles. The number of halogens is 1. The van der Waals surface area contributed by atoms with Crippen molar-refractivity contribution in [1.82, 2.24) is 14.6 Å². The van der Waals surface area contributed by atoms with Gasteiger partial charge in [-0.1, -0.05) is 0 Å². The number of hydrogen-bond acceptors (Lipinski definition) is 7. The number of anilines is 1. The second-order valence-corrected chi connectivity index (χ2v) is 5.94. The van der Waals surface area contributed by atoms with Crippen molar-refractivity contribution < 1.29 is 24.0 Å². The van der Waals surface area contributed by atoms with Gasteiger partial charge in [0.15, 0.2) is 0 Å². The van der Waals surface area contributed by atoms with Crippen LogP contribution in [0.4, 0.5) is 15.9 Å². The zero-order valence-electron chi connectivity index (χ0n) is 14.8. The van der Waals surface area contributed by atoms with Crippen LogP contribution in [-0.4, -0.2) is 44.3 Å². The molecule has 10 nitrogen and oxygen atoms in total. The highest BCUT2D eigenvalue weighted by Gasteiger charge is 2.18. The van der Waals surface area contributed by atoms with Gasteiger partial charge in [-0.25, -0.2) is 13.9 Å². The van der Waals surface area contributed by atoms with Gasteiger partial charge in [0.25, 0.3) is 0 Å². The fourth-order valence-electron chi connectivity index (χ4n) is 2.59. The SMILES string of the molecule is CN(Cc1cc(F)ccc1OCCC(=O)O)c1ccn2ncc([N+](=O)[O-])c2n1. The van der Waals surface area contributed by atoms with E-state index in [4.69, 9.17) is 9.84 Å². The Bertz CT molecular complexity index is 1040. The molecule has 146 valence electrons. The number of nitrogens with zero attached hydrogens (tertiary/aromatic N) is 5. The maximum absolute atomic E-state index is 13.7. The lowest BCUT2D eigenvalue weighted by molar-refractivity contribution is -0.383. The van der Waals surface area contributed by atoms with E-state index in [1.54, 1.807) is 18.0 Å². The number of fused-ring (bicyclic) bond motifs is 1. The van der Waals surface area contributed by atoms with Crippen LogP contribution in [0.15, 0.2) is 36.7 Å². The van der Waals surface area contributed by atoms with Crippen LogP contribution in [0.2, 0.25) is 0 Å². The van der Waals surface area contributed by atoms with Crippen LogP contribution in [-0.2, 0) is 11.3 Å². The Morgan fingerprint density at radius 3 is 2.93 bits per heavy atom. The summed E-state index contributed by atoms with van der Waals surface area (Å²) in [5, 5.41) is 23.7. The zero-order chi connectivity index (χ0) is 20.3. The molecule has 0 fully saturated rings. The number of carboxylic acids is 1. The molecular formula is C17H16FN5O5. The standard InChI is InChI=1S/C17H16FN5O5/c1-21(15-4-6-22-17(20-15)13(9-19-22)23(26)27)10-11-8-12(18)2-3-14(11)28-7-5-16(24)25/h2-4,6,8-9H,5,7,10H2,1H3,(H,24,25). The maximum atomic E-state index is 13.7. The van der Waals surface area contributed by atoms with Gasteiger partial charge in [-0.3, -0.25) is 14.9 Å². The van der Waals surface area contributed by atoms with Crippen molar-refractivity contribution in [3.8, 4) is 5.75 Å². The van der Waals surface area contributed by atoms with Crippen molar-refractivity contribution in [2.75, 3.05) is 18.6 Å². The van der Waals surface area contributed by atoms with E-state index < -0.39 is 16.7 Å². The molecule has 28 heavy (non-hydrogen) atoms. The third kappa shape index (κ3) is 4.14. The van der Waals surface area contributed by atoms with Crippen molar-refractivity contribution in [2.45, 2.75) is 13.0 Å². The second-order valence-electron chi connectivity index (χ2n) is 5.94. The summed E-state index contributed by atoms with van der Waals surface area (Å²) in [7, 11) is 1.69. The number of aromatic nitrogens is 3. The van der Waals surface area contributed by atoms with Gasteiger partial charge in [0.2, 0.25) is 5.65 Å². The average molecular weight is 389 g/mol. The molecule has 0 aliphatic rings. The molecule has 0 spiro atoms. The molecule has 1 N–H and O–H groups in total. The summed E-state index contributed by atoms with van der Waals surface area (Å²) in [6.07, 6.45) is 2.47. The van der Waals surface area contributed by atoms with Crippen LogP contribution in [0, 0.1) is 15.9 Å². The molecule has 0 amide bonds. The Labute approximate surface area is 157 Å². The van der Waals surface area contributed by atoms with Crippen molar-refractivity contribution in [3.05, 3.63) is 58.2 Å². The summed E-state index contributed by atoms with van der Waals surface area (Å²) < 4.78 is 20.4. The number of carbonyl (C=O) groups is 1. The minimum Gasteiger partial charge on any atom is -0.493 e. The molecule has 1 aromatic carbocycles. The van der Waals surface area contributed by atoms with E-state index in [0.29, 0.717) is 17.1 Å². The number of rotatable bonds is 8. The molecule has 11 heteroatoms. The first-order valence-corrected chi connectivity index (χ1v) is 8.18. The van der Waals surface area contributed by atoms with Gasteiger partial charge in [-0.15, -0.1) is 0 Å². The number of aliphatic carboxylic acids is 1. The number of ether oxygens (including phenoxy) is 1. The highest BCUT2D eigenvalue weighted by molar-refractivity contribution is 5.66. The largest absolute Gasteiger partial charge is 0.493 e.